The molecule has 1 unspecified atom stereocenters. The molecule has 2 aliphatic heterocycles. The average Bonchev–Trinajstić information content (AvgIpc) is 3.49. The molecule has 0 spiro atoms. The maximum atomic E-state index is 13.0. The van der Waals surface area contributed by atoms with Crippen molar-refractivity contribution in [3.8, 4) is 17.2 Å². The van der Waals surface area contributed by atoms with Gasteiger partial charge in [-0.3, -0.25) is 0 Å². The van der Waals surface area contributed by atoms with Gasteiger partial charge in [-0.1, -0.05) is 6.07 Å². The van der Waals surface area contributed by atoms with E-state index in [1.165, 1.54) is 0 Å². The van der Waals surface area contributed by atoms with Crippen LogP contribution in [0.1, 0.15) is 16.8 Å². The van der Waals surface area contributed by atoms with Crippen molar-refractivity contribution in [3.05, 3.63) is 77.4 Å². The molecule has 1 aromatic heterocycles. The van der Waals surface area contributed by atoms with E-state index >= 15 is 0 Å². The van der Waals surface area contributed by atoms with E-state index in [1.807, 2.05) is 0 Å². The van der Waals surface area contributed by atoms with Crippen LogP contribution in [0.5, 0.6) is 17.2 Å². The molecular formula is C22H18N2O6. The monoisotopic (exact) mass is 406 g/mol. The summed E-state index contributed by atoms with van der Waals surface area (Å²) in [5, 5.41) is 11.5. The van der Waals surface area contributed by atoms with E-state index in [4.69, 9.17) is 18.9 Å². The third kappa shape index (κ3) is 2.89. The van der Waals surface area contributed by atoms with Gasteiger partial charge in [0.1, 0.15) is 5.75 Å². The Morgan fingerprint density at radius 2 is 1.97 bits per heavy atom. The van der Waals surface area contributed by atoms with Gasteiger partial charge in [0.25, 0.3) is 5.79 Å². The maximum absolute atomic E-state index is 13.0. The Morgan fingerprint density at radius 1 is 1.17 bits per heavy atom. The number of nitrogens with one attached hydrogen (secondary N) is 1. The Bertz CT molecular complexity index is 1140. The summed E-state index contributed by atoms with van der Waals surface area (Å²) >= 11 is 0. The molecule has 0 radical (unpaired) electrons. The van der Waals surface area contributed by atoms with Crippen LogP contribution in [0.3, 0.4) is 0 Å². The summed E-state index contributed by atoms with van der Waals surface area (Å²) in [6, 6.07) is 11.9. The number of carbonyl (C=O) groups is 1. The number of aromatic nitrogens is 2. The van der Waals surface area contributed by atoms with Gasteiger partial charge in [0, 0.05) is 29.4 Å². The number of methoxy groups -OCH3 is 1. The predicted molar refractivity (Wildman–Crippen MR) is 105 cm³/mol. The maximum Gasteiger partial charge on any atom is 0.342 e. The third-order valence-corrected chi connectivity index (χ3v) is 5.22. The van der Waals surface area contributed by atoms with Crippen LogP contribution >= 0.6 is 0 Å². The van der Waals surface area contributed by atoms with E-state index in [-0.39, 0.29) is 18.8 Å². The molecule has 8 heteroatoms. The minimum Gasteiger partial charge on any atom is -0.497 e. The molecule has 8 nitrogen and oxygen atoms in total. The van der Waals surface area contributed by atoms with Crippen molar-refractivity contribution in [3.63, 3.8) is 0 Å². The van der Waals surface area contributed by atoms with Crippen molar-refractivity contribution in [1.29, 1.82) is 0 Å². The summed E-state index contributed by atoms with van der Waals surface area (Å²) in [4.78, 5) is 20.0. The molecule has 1 atom stereocenters. The number of nitrogens with zero attached hydrogens (tertiary/aromatic N) is 1. The number of imidazole rings is 1. The first-order valence-corrected chi connectivity index (χ1v) is 9.29. The van der Waals surface area contributed by atoms with Gasteiger partial charge in [0.2, 0.25) is 6.79 Å². The lowest BCUT2D eigenvalue weighted by atomic mass is 9.89. The zero-order valence-corrected chi connectivity index (χ0v) is 16.0. The zero-order valence-electron chi connectivity index (χ0n) is 16.0. The summed E-state index contributed by atoms with van der Waals surface area (Å²) < 4.78 is 21.5. The van der Waals surface area contributed by atoms with Gasteiger partial charge in [-0.2, -0.15) is 0 Å². The lowest BCUT2D eigenvalue weighted by molar-refractivity contribution is -0.185. The number of hydrogen-bond donors (Lipinski definition) is 2. The Hall–Kier alpha value is -3.78. The number of esters is 1. The largest absolute Gasteiger partial charge is 0.497 e. The second-order valence-electron chi connectivity index (χ2n) is 6.94. The number of aliphatic hydroxyl groups is 1. The first kappa shape index (κ1) is 18.3. The van der Waals surface area contributed by atoms with E-state index in [0.717, 1.165) is 5.69 Å². The minimum atomic E-state index is -1.93. The van der Waals surface area contributed by atoms with E-state index in [0.29, 0.717) is 33.9 Å². The SMILES string of the molecule is COc1ccc(C2(O)OC(=O)C(c3ccc4c(c3)OCO4)=C2Cc2cnc[nH]2)cc1. The highest BCUT2D eigenvalue weighted by molar-refractivity contribution is 6.20. The molecule has 3 heterocycles. The highest BCUT2D eigenvalue weighted by Gasteiger charge is 2.48. The Balaban J connectivity index is 1.66. The number of benzene rings is 2. The van der Waals surface area contributed by atoms with Gasteiger partial charge in [-0.05, 0) is 42.0 Å². The van der Waals surface area contributed by atoms with Crippen LogP contribution in [-0.4, -0.2) is 34.9 Å². The van der Waals surface area contributed by atoms with Gasteiger partial charge < -0.3 is 29.0 Å². The van der Waals surface area contributed by atoms with Gasteiger partial charge in [-0.25, -0.2) is 9.78 Å². The lowest BCUT2D eigenvalue weighted by Gasteiger charge is -2.25. The van der Waals surface area contributed by atoms with Gasteiger partial charge >= 0.3 is 5.97 Å². The number of cyclic esters (lactones) is 1. The fraction of sp³-hybridized carbons (Fsp3) is 0.182. The fourth-order valence-corrected chi connectivity index (χ4v) is 3.71. The molecule has 0 amide bonds. The van der Waals surface area contributed by atoms with Crippen molar-refractivity contribution in [1.82, 2.24) is 9.97 Å². The number of H-pyrrole nitrogens is 1. The molecular weight excluding hydrogens is 388 g/mol. The van der Waals surface area contributed by atoms with E-state index in [9.17, 15) is 9.90 Å². The van der Waals surface area contributed by atoms with E-state index < -0.39 is 11.8 Å². The van der Waals surface area contributed by atoms with Crippen molar-refractivity contribution in [2.75, 3.05) is 13.9 Å². The quantitative estimate of drug-likeness (QED) is 0.628. The average molecular weight is 406 g/mol. The third-order valence-electron chi connectivity index (χ3n) is 5.22. The molecule has 2 N–H and O–H groups in total. The topological polar surface area (TPSA) is 103 Å². The number of fused-ring (bicyclic) bond motifs is 1. The number of carbonyl (C=O) groups excluding carboxylic acids is 1. The van der Waals surface area contributed by atoms with Crippen molar-refractivity contribution < 1.29 is 28.8 Å². The second kappa shape index (κ2) is 6.93. The predicted octanol–water partition coefficient (Wildman–Crippen LogP) is 2.55. The Morgan fingerprint density at radius 3 is 2.70 bits per heavy atom. The normalized spacial score (nSPS) is 19.9. The molecule has 2 aliphatic rings. The molecule has 2 aromatic carbocycles. The van der Waals surface area contributed by atoms with Gasteiger partial charge in [0.15, 0.2) is 11.5 Å². The van der Waals surface area contributed by atoms with Crippen LogP contribution in [0.25, 0.3) is 5.57 Å². The first-order chi connectivity index (χ1) is 14.6. The van der Waals surface area contributed by atoms with Gasteiger partial charge in [0.05, 0.1) is 19.0 Å². The molecule has 0 fully saturated rings. The molecule has 0 saturated heterocycles. The summed E-state index contributed by atoms with van der Waals surface area (Å²) in [5.74, 6) is -0.788. The molecule has 0 aliphatic carbocycles. The Kier molecular flexibility index (Phi) is 4.22. The van der Waals surface area contributed by atoms with Crippen molar-refractivity contribution >= 4 is 11.5 Å². The summed E-state index contributed by atoms with van der Waals surface area (Å²) in [7, 11) is 1.56. The molecule has 152 valence electrons. The Labute approximate surface area is 171 Å². The highest BCUT2D eigenvalue weighted by Crippen LogP contribution is 2.46. The van der Waals surface area contributed by atoms with Crippen molar-refractivity contribution in [2.24, 2.45) is 0 Å². The number of hydrogen-bond acceptors (Lipinski definition) is 7. The fourth-order valence-electron chi connectivity index (χ4n) is 3.71. The molecule has 5 rings (SSSR count). The van der Waals surface area contributed by atoms with Crippen molar-refractivity contribution in [2.45, 2.75) is 12.2 Å². The smallest absolute Gasteiger partial charge is 0.342 e. The number of rotatable bonds is 5. The van der Waals surface area contributed by atoms with Crippen LogP contribution in [0, 0.1) is 0 Å². The summed E-state index contributed by atoms with van der Waals surface area (Å²) in [6.45, 7) is 0.124. The van der Waals surface area contributed by atoms with Crippen LogP contribution in [0.2, 0.25) is 0 Å². The standard InChI is InChI=1S/C22H18N2O6/c1-27-16-5-3-14(4-6-16)22(26)17(9-15-10-23-11-24-15)20(21(25)30-22)13-2-7-18-19(8-13)29-12-28-18/h2-8,10-11,26H,9,12H2,1H3,(H,23,24). The van der Waals surface area contributed by atoms with Crippen LogP contribution in [-0.2, 0) is 21.7 Å². The minimum absolute atomic E-state index is 0.124. The number of ether oxygens (including phenoxy) is 4. The number of aromatic amines is 1. The van der Waals surface area contributed by atoms with Crippen LogP contribution < -0.4 is 14.2 Å². The molecule has 3 aromatic rings. The second-order valence-corrected chi connectivity index (χ2v) is 6.94. The summed E-state index contributed by atoms with van der Waals surface area (Å²) in [6.07, 6.45) is 3.42. The lowest BCUT2D eigenvalue weighted by Crippen LogP contribution is -2.29. The highest BCUT2D eigenvalue weighted by atomic mass is 16.7. The first-order valence-electron chi connectivity index (χ1n) is 9.29. The van der Waals surface area contributed by atoms with Crippen LogP contribution in [0.4, 0.5) is 0 Å². The van der Waals surface area contributed by atoms with Crippen LogP contribution in [0.15, 0.2) is 60.6 Å². The molecule has 0 bridgehead atoms. The van der Waals surface area contributed by atoms with Gasteiger partial charge in [-0.15, -0.1) is 0 Å². The zero-order chi connectivity index (χ0) is 20.7. The summed E-state index contributed by atoms with van der Waals surface area (Å²) in [5.41, 5.74) is 2.40. The van der Waals surface area contributed by atoms with E-state index in [2.05, 4.69) is 9.97 Å². The van der Waals surface area contributed by atoms with E-state index in [1.54, 1.807) is 62.1 Å². The molecule has 0 saturated carbocycles. The molecule has 30 heavy (non-hydrogen) atoms.